The van der Waals surface area contributed by atoms with Gasteiger partial charge in [0.25, 0.3) is 0 Å². The molecule has 0 radical (unpaired) electrons. The number of ether oxygens (including phenoxy) is 1. The lowest BCUT2D eigenvalue weighted by atomic mass is 10.0. The second-order valence-corrected chi connectivity index (χ2v) is 6.44. The molecule has 2 aliphatic rings. The standard InChI is InChI=1S/C18H25FN2O2/c19-16-7-5-14(6-8-16)17(21-9-11-23-12-10-21)13-20-18(22)15-3-1-2-4-15/h5-8,15,17H,1-4,9-13H2,(H,20,22)/t17-/m1/s1. The number of hydrogen-bond acceptors (Lipinski definition) is 3. The van der Waals surface area contributed by atoms with Crippen LogP contribution in [0.4, 0.5) is 4.39 Å². The SMILES string of the molecule is O=C(NC[C@H](c1ccc(F)cc1)N1CCOCC1)C1CCCC1. The van der Waals surface area contributed by atoms with E-state index in [1.165, 1.54) is 12.1 Å². The van der Waals surface area contributed by atoms with Crippen LogP contribution in [0.1, 0.15) is 37.3 Å². The molecular formula is C18H25FN2O2. The molecule has 1 aromatic rings. The Labute approximate surface area is 137 Å². The Kier molecular flexibility index (Phi) is 5.62. The van der Waals surface area contributed by atoms with E-state index in [9.17, 15) is 9.18 Å². The number of rotatable bonds is 5. The quantitative estimate of drug-likeness (QED) is 0.906. The summed E-state index contributed by atoms with van der Waals surface area (Å²) < 4.78 is 18.6. The molecule has 1 amide bonds. The molecule has 0 unspecified atom stereocenters. The van der Waals surface area contributed by atoms with Gasteiger partial charge in [0.2, 0.25) is 5.91 Å². The predicted octanol–water partition coefficient (Wildman–Crippen LogP) is 2.51. The highest BCUT2D eigenvalue weighted by Gasteiger charge is 2.26. The third kappa shape index (κ3) is 4.30. The smallest absolute Gasteiger partial charge is 0.223 e. The number of carbonyl (C=O) groups is 1. The summed E-state index contributed by atoms with van der Waals surface area (Å²) in [5.74, 6) is 0.112. The molecule has 1 atom stereocenters. The van der Waals surface area contributed by atoms with Gasteiger partial charge >= 0.3 is 0 Å². The van der Waals surface area contributed by atoms with Gasteiger partial charge in [-0.2, -0.15) is 0 Å². The minimum atomic E-state index is -0.232. The first-order chi connectivity index (χ1) is 11.2. The summed E-state index contributed by atoms with van der Waals surface area (Å²) in [5.41, 5.74) is 1.04. The Morgan fingerprint density at radius 1 is 1.22 bits per heavy atom. The van der Waals surface area contributed by atoms with E-state index in [1.807, 2.05) is 12.1 Å². The van der Waals surface area contributed by atoms with Crippen LogP contribution < -0.4 is 5.32 Å². The number of halogens is 1. The van der Waals surface area contributed by atoms with Gasteiger partial charge in [0, 0.05) is 25.6 Å². The van der Waals surface area contributed by atoms with E-state index < -0.39 is 0 Å². The maximum Gasteiger partial charge on any atom is 0.223 e. The van der Waals surface area contributed by atoms with E-state index >= 15 is 0 Å². The summed E-state index contributed by atoms with van der Waals surface area (Å²) in [5, 5.41) is 3.12. The average molecular weight is 320 g/mol. The van der Waals surface area contributed by atoms with Crippen molar-refractivity contribution in [3.05, 3.63) is 35.6 Å². The van der Waals surface area contributed by atoms with Crippen LogP contribution in [0.15, 0.2) is 24.3 Å². The van der Waals surface area contributed by atoms with Crippen molar-refractivity contribution < 1.29 is 13.9 Å². The van der Waals surface area contributed by atoms with Crippen LogP contribution in [0.25, 0.3) is 0 Å². The fourth-order valence-corrected chi connectivity index (χ4v) is 3.56. The van der Waals surface area contributed by atoms with E-state index in [0.717, 1.165) is 44.3 Å². The maximum atomic E-state index is 13.2. The van der Waals surface area contributed by atoms with Crippen LogP contribution >= 0.6 is 0 Å². The summed E-state index contributed by atoms with van der Waals surface area (Å²) in [4.78, 5) is 14.6. The first-order valence-corrected chi connectivity index (χ1v) is 8.59. The van der Waals surface area contributed by atoms with Gasteiger partial charge in [-0.05, 0) is 30.5 Å². The highest BCUT2D eigenvalue weighted by Crippen LogP contribution is 2.26. The van der Waals surface area contributed by atoms with E-state index in [2.05, 4.69) is 10.2 Å². The van der Waals surface area contributed by atoms with Crippen LogP contribution in [0.3, 0.4) is 0 Å². The molecule has 0 aromatic heterocycles. The molecule has 4 nitrogen and oxygen atoms in total. The number of benzene rings is 1. The van der Waals surface area contributed by atoms with E-state index in [1.54, 1.807) is 0 Å². The first kappa shape index (κ1) is 16.4. The molecule has 1 aromatic carbocycles. The molecule has 1 heterocycles. The molecule has 3 rings (SSSR count). The van der Waals surface area contributed by atoms with E-state index in [0.29, 0.717) is 19.8 Å². The third-order valence-corrected chi connectivity index (χ3v) is 4.94. The number of morpholine rings is 1. The monoisotopic (exact) mass is 320 g/mol. The molecule has 1 saturated carbocycles. The molecular weight excluding hydrogens is 295 g/mol. The number of carbonyl (C=O) groups excluding carboxylic acids is 1. The van der Waals surface area contributed by atoms with Crippen molar-refractivity contribution in [2.45, 2.75) is 31.7 Å². The van der Waals surface area contributed by atoms with Crippen LogP contribution in [0.2, 0.25) is 0 Å². The Morgan fingerprint density at radius 3 is 2.52 bits per heavy atom. The average Bonchev–Trinajstić information content (AvgIpc) is 3.12. The minimum Gasteiger partial charge on any atom is -0.379 e. The van der Waals surface area contributed by atoms with Crippen molar-refractivity contribution in [2.75, 3.05) is 32.8 Å². The number of nitrogens with zero attached hydrogens (tertiary/aromatic N) is 1. The number of amides is 1. The highest BCUT2D eigenvalue weighted by molar-refractivity contribution is 5.78. The van der Waals surface area contributed by atoms with Crippen molar-refractivity contribution in [3.8, 4) is 0 Å². The van der Waals surface area contributed by atoms with Crippen LogP contribution in [-0.2, 0) is 9.53 Å². The zero-order valence-electron chi connectivity index (χ0n) is 13.5. The van der Waals surface area contributed by atoms with Gasteiger partial charge in [-0.15, -0.1) is 0 Å². The van der Waals surface area contributed by atoms with Crippen molar-refractivity contribution in [2.24, 2.45) is 5.92 Å². The van der Waals surface area contributed by atoms with Crippen LogP contribution in [-0.4, -0.2) is 43.7 Å². The van der Waals surface area contributed by atoms with Gasteiger partial charge < -0.3 is 10.1 Å². The largest absolute Gasteiger partial charge is 0.379 e. The molecule has 1 aliphatic carbocycles. The Bertz CT molecular complexity index is 508. The van der Waals surface area contributed by atoms with Crippen molar-refractivity contribution in [3.63, 3.8) is 0 Å². The fourth-order valence-electron chi connectivity index (χ4n) is 3.56. The second kappa shape index (κ2) is 7.88. The van der Waals surface area contributed by atoms with Gasteiger partial charge in [-0.3, -0.25) is 9.69 Å². The molecule has 2 fully saturated rings. The van der Waals surface area contributed by atoms with Crippen molar-refractivity contribution in [1.29, 1.82) is 0 Å². The van der Waals surface area contributed by atoms with Crippen LogP contribution in [0, 0.1) is 11.7 Å². The Balaban J connectivity index is 1.66. The second-order valence-electron chi connectivity index (χ2n) is 6.44. The molecule has 23 heavy (non-hydrogen) atoms. The van der Waals surface area contributed by atoms with Crippen molar-refractivity contribution in [1.82, 2.24) is 10.2 Å². The van der Waals surface area contributed by atoms with E-state index in [4.69, 9.17) is 4.74 Å². The minimum absolute atomic E-state index is 0.0739. The maximum absolute atomic E-state index is 13.2. The lowest BCUT2D eigenvalue weighted by Gasteiger charge is -2.35. The molecule has 5 heteroatoms. The zero-order chi connectivity index (χ0) is 16.1. The fraction of sp³-hybridized carbons (Fsp3) is 0.611. The Morgan fingerprint density at radius 2 is 1.87 bits per heavy atom. The lowest BCUT2D eigenvalue weighted by Crippen LogP contribution is -2.44. The molecule has 126 valence electrons. The molecule has 1 N–H and O–H groups in total. The van der Waals surface area contributed by atoms with Gasteiger partial charge in [0.05, 0.1) is 19.3 Å². The van der Waals surface area contributed by atoms with Gasteiger partial charge in [-0.25, -0.2) is 4.39 Å². The van der Waals surface area contributed by atoms with Crippen molar-refractivity contribution >= 4 is 5.91 Å². The number of hydrogen-bond donors (Lipinski definition) is 1. The molecule has 1 saturated heterocycles. The van der Waals surface area contributed by atoms with Gasteiger partial charge in [-0.1, -0.05) is 25.0 Å². The third-order valence-electron chi connectivity index (χ3n) is 4.94. The summed E-state index contributed by atoms with van der Waals surface area (Å²) in [6.45, 7) is 3.65. The summed E-state index contributed by atoms with van der Waals surface area (Å²) >= 11 is 0. The molecule has 0 spiro atoms. The highest BCUT2D eigenvalue weighted by atomic mass is 19.1. The molecule has 0 bridgehead atoms. The van der Waals surface area contributed by atoms with E-state index in [-0.39, 0.29) is 23.7 Å². The summed E-state index contributed by atoms with van der Waals surface area (Å²) in [6.07, 6.45) is 4.32. The zero-order valence-corrected chi connectivity index (χ0v) is 13.5. The van der Waals surface area contributed by atoms with Gasteiger partial charge in [0.1, 0.15) is 5.82 Å². The van der Waals surface area contributed by atoms with Gasteiger partial charge in [0.15, 0.2) is 0 Å². The normalized spacial score (nSPS) is 21.3. The molecule has 1 aliphatic heterocycles. The lowest BCUT2D eigenvalue weighted by molar-refractivity contribution is -0.125. The first-order valence-electron chi connectivity index (χ1n) is 8.59. The summed E-state index contributed by atoms with van der Waals surface area (Å²) in [6, 6.07) is 6.68. The predicted molar refractivity (Wildman–Crippen MR) is 86.5 cm³/mol. The summed E-state index contributed by atoms with van der Waals surface area (Å²) in [7, 11) is 0. The Hall–Kier alpha value is -1.46. The number of nitrogens with one attached hydrogen (secondary N) is 1. The van der Waals surface area contributed by atoms with Crippen LogP contribution in [0.5, 0.6) is 0 Å². The topological polar surface area (TPSA) is 41.6 Å².